The van der Waals surface area contributed by atoms with Crippen LogP contribution >= 0.6 is 0 Å². The number of hydrogen-bond donors (Lipinski definition) is 2. The SMILES string of the molecule is NCC1(C(F)(F)F)CCCCN1. The number of halogens is 3. The van der Waals surface area contributed by atoms with Crippen molar-refractivity contribution in [3.8, 4) is 0 Å². The van der Waals surface area contributed by atoms with E-state index in [4.69, 9.17) is 5.73 Å². The van der Waals surface area contributed by atoms with Crippen LogP contribution in [0.4, 0.5) is 13.2 Å². The van der Waals surface area contributed by atoms with Gasteiger partial charge in [0.2, 0.25) is 0 Å². The predicted octanol–water partition coefficient (Wildman–Crippen LogP) is 1.02. The molecular formula is C7H13F3N2. The van der Waals surface area contributed by atoms with Crippen molar-refractivity contribution in [3.05, 3.63) is 0 Å². The van der Waals surface area contributed by atoms with Crippen LogP contribution in [0, 0.1) is 0 Å². The Morgan fingerprint density at radius 2 is 2.00 bits per heavy atom. The van der Waals surface area contributed by atoms with Crippen molar-refractivity contribution in [2.75, 3.05) is 13.1 Å². The van der Waals surface area contributed by atoms with Crippen molar-refractivity contribution in [2.24, 2.45) is 5.73 Å². The van der Waals surface area contributed by atoms with Gasteiger partial charge in [0.05, 0.1) is 0 Å². The largest absolute Gasteiger partial charge is 0.407 e. The second kappa shape index (κ2) is 3.22. The summed E-state index contributed by atoms with van der Waals surface area (Å²) in [5.41, 5.74) is 3.33. The van der Waals surface area contributed by atoms with Gasteiger partial charge in [-0.05, 0) is 25.8 Å². The lowest BCUT2D eigenvalue weighted by Gasteiger charge is -2.38. The Morgan fingerprint density at radius 3 is 2.25 bits per heavy atom. The van der Waals surface area contributed by atoms with Crippen molar-refractivity contribution < 1.29 is 13.2 Å². The molecule has 0 radical (unpaired) electrons. The minimum absolute atomic E-state index is 0.104. The maximum Gasteiger partial charge on any atom is 0.407 e. The topological polar surface area (TPSA) is 38.0 Å². The normalized spacial score (nSPS) is 32.0. The van der Waals surface area contributed by atoms with E-state index in [1.807, 2.05) is 0 Å². The molecule has 1 heterocycles. The molecule has 2 nitrogen and oxygen atoms in total. The van der Waals surface area contributed by atoms with Crippen molar-refractivity contribution in [3.63, 3.8) is 0 Å². The number of hydrogen-bond acceptors (Lipinski definition) is 2. The predicted molar refractivity (Wildman–Crippen MR) is 39.7 cm³/mol. The summed E-state index contributed by atoms with van der Waals surface area (Å²) >= 11 is 0. The summed E-state index contributed by atoms with van der Waals surface area (Å²) in [4.78, 5) is 0. The maximum atomic E-state index is 12.5. The van der Waals surface area contributed by atoms with Gasteiger partial charge in [0.1, 0.15) is 5.54 Å². The van der Waals surface area contributed by atoms with Crippen molar-refractivity contribution >= 4 is 0 Å². The van der Waals surface area contributed by atoms with Gasteiger partial charge in [0, 0.05) is 6.54 Å². The molecule has 0 aromatic rings. The lowest BCUT2D eigenvalue weighted by Crippen LogP contribution is -2.63. The molecule has 0 saturated carbocycles. The number of piperidine rings is 1. The molecule has 72 valence electrons. The second-order valence-electron chi connectivity index (χ2n) is 3.17. The number of nitrogens with two attached hydrogens (primary N) is 1. The highest BCUT2D eigenvalue weighted by Gasteiger charge is 2.53. The third kappa shape index (κ3) is 1.56. The standard InChI is InChI=1S/C7H13F3N2/c8-7(9,10)6(5-11)3-1-2-4-12-6/h12H,1-5,11H2. The van der Waals surface area contributed by atoms with Gasteiger partial charge < -0.3 is 11.1 Å². The fourth-order valence-corrected chi connectivity index (χ4v) is 1.50. The monoisotopic (exact) mass is 182 g/mol. The first-order valence-electron chi connectivity index (χ1n) is 4.04. The molecule has 3 N–H and O–H groups in total. The molecule has 0 bridgehead atoms. The van der Waals surface area contributed by atoms with Crippen molar-refractivity contribution in [1.29, 1.82) is 0 Å². The van der Waals surface area contributed by atoms with E-state index in [-0.39, 0.29) is 13.0 Å². The molecule has 0 spiro atoms. The zero-order chi connectivity index (χ0) is 9.24. The Kier molecular flexibility index (Phi) is 2.63. The van der Waals surface area contributed by atoms with Crippen LogP contribution in [0.5, 0.6) is 0 Å². The van der Waals surface area contributed by atoms with E-state index < -0.39 is 11.7 Å². The first kappa shape index (κ1) is 9.80. The summed E-state index contributed by atoms with van der Waals surface area (Å²) < 4.78 is 37.4. The summed E-state index contributed by atoms with van der Waals surface area (Å²) in [6, 6.07) is 0. The average Bonchev–Trinajstić information content (AvgIpc) is 2.04. The minimum Gasteiger partial charge on any atom is -0.328 e. The van der Waals surface area contributed by atoms with Gasteiger partial charge in [-0.1, -0.05) is 0 Å². The average molecular weight is 182 g/mol. The molecule has 1 atom stereocenters. The summed E-state index contributed by atoms with van der Waals surface area (Å²) in [5, 5.41) is 2.47. The van der Waals surface area contributed by atoms with Crippen LogP contribution < -0.4 is 11.1 Å². The molecule has 1 saturated heterocycles. The fourth-order valence-electron chi connectivity index (χ4n) is 1.50. The minimum atomic E-state index is -4.22. The van der Waals surface area contributed by atoms with E-state index in [1.54, 1.807) is 0 Å². The second-order valence-corrected chi connectivity index (χ2v) is 3.17. The molecule has 0 aromatic heterocycles. The van der Waals surface area contributed by atoms with E-state index in [2.05, 4.69) is 5.32 Å². The van der Waals surface area contributed by atoms with Crippen LogP contribution in [-0.2, 0) is 0 Å². The quantitative estimate of drug-likeness (QED) is 0.635. The van der Waals surface area contributed by atoms with Crippen LogP contribution in [0.3, 0.4) is 0 Å². The summed E-state index contributed by atoms with van der Waals surface area (Å²) in [6.07, 6.45) is -2.71. The first-order valence-corrected chi connectivity index (χ1v) is 4.04. The lowest BCUT2D eigenvalue weighted by molar-refractivity contribution is -0.199. The molecule has 1 aliphatic heterocycles. The van der Waals surface area contributed by atoms with Gasteiger partial charge in [-0.2, -0.15) is 13.2 Å². The Morgan fingerprint density at radius 1 is 1.33 bits per heavy atom. The van der Waals surface area contributed by atoms with Crippen LogP contribution in [0.15, 0.2) is 0 Å². The molecule has 5 heteroatoms. The van der Waals surface area contributed by atoms with E-state index >= 15 is 0 Å². The smallest absolute Gasteiger partial charge is 0.328 e. The molecule has 0 aliphatic carbocycles. The Balaban J connectivity index is 2.73. The van der Waals surface area contributed by atoms with E-state index in [9.17, 15) is 13.2 Å². The third-order valence-electron chi connectivity index (χ3n) is 2.38. The molecular weight excluding hydrogens is 169 g/mol. The Hall–Kier alpha value is -0.290. The molecule has 1 fully saturated rings. The van der Waals surface area contributed by atoms with E-state index in [0.29, 0.717) is 13.0 Å². The third-order valence-corrected chi connectivity index (χ3v) is 2.38. The zero-order valence-electron chi connectivity index (χ0n) is 6.75. The van der Waals surface area contributed by atoms with Crippen molar-refractivity contribution in [1.82, 2.24) is 5.32 Å². The highest BCUT2D eigenvalue weighted by molar-refractivity contribution is 4.98. The molecule has 1 rings (SSSR count). The van der Waals surface area contributed by atoms with E-state index in [1.165, 1.54) is 0 Å². The highest BCUT2D eigenvalue weighted by atomic mass is 19.4. The Bertz CT molecular complexity index is 149. The van der Waals surface area contributed by atoms with Gasteiger partial charge >= 0.3 is 6.18 Å². The van der Waals surface area contributed by atoms with Crippen LogP contribution in [-0.4, -0.2) is 24.8 Å². The Labute approximate surface area is 69.3 Å². The molecule has 1 aliphatic rings. The summed E-state index contributed by atoms with van der Waals surface area (Å²) in [6.45, 7) is 0.0488. The number of alkyl halides is 3. The molecule has 0 aromatic carbocycles. The van der Waals surface area contributed by atoms with Gasteiger partial charge in [0.15, 0.2) is 0 Å². The van der Waals surface area contributed by atoms with Gasteiger partial charge in [0.25, 0.3) is 0 Å². The van der Waals surface area contributed by atoms with Crippen LogP contribution in [0.25, 0.3) is 0 Å². The fraction of sp³-hybridized carbons (Fsp3) is 1.00. The molecule has 1 unspecified atom stereocenters. The molecule has 0 amide bonds. The highest BCUT2D eigenvalue weighted by Crippen LogP contribution is 2.35. The van der Waals surface area contributed by atoms with Crippen LogP contribution in [0.1, 0.15) is 19.3 Å². The van der Waals surface area contributed by atoms with Crippen molar-refractivity contribution in [2.45, 2.75) is 31.0 Å². The van der Waals surface area contributed by atoms with Gasteiger partial charge in [-0.25, -0.2) is 0 Å². The zero-order valence-corrected chi connectivity index (χ0v) is 6.75. The molecule has 12 heavy (non-hydrogen) atoms. The van der Waals surface area contributed by atoms with Gasteiger partial charge in [-0.3, -0.25) is 0 Å². The maximum absolute atomic E-state index is 12.5. The first-order chi connectivity index (χ1) is 5.52. The number of rotatable bonds is 1. The number of nitrogens with one attached hydrogen (secondary N) is 1. The van der Waals surface area contributed by atoms with Crippen LogP contribution in [0.2, 0.25) is 0 Å². The summed E-state index contributed by atoms with van der Waals surface area (Å²) in [7, 11) is 0. The van der Waals surface area contributed by atoms with Gasteiger partial charge in [-0.15, -0.1) is 0 Å². The summed E-state index contributed by atoms with van der Waals surface area (Å²) in [5.74, 6) is 0. The van der Waals surface area contributed by atoms with E-state index in [0.717, 1.165) is 6.42 Å². The lowest BCUT2D eigenvalue weighted by atomic mass is 9.88.